The van der Waals surface area contributed by atoms with Gasteiger partial charge in [-0.15, -0.1) is 0 Å². The van der Waals surface area contributed by atoms with Gasteiger partial charge in [0.15, 0.2) is 5.58 Å². The maximum absolute atomic E-state index is 14.2. The maximum Gasteiger partial charge on any atom is 0.318 e. The Hall–Kier alpha value is -3.67. The fraction of sp³-hybridized carbons (Fsp3) is 0.200. The molecule has 1 saturated heterocycles. The van der Waals surface area contributed by atoms with Crippen LogP contribution < -0.4 is 5.32 Å². The summed E-state index contributed by atoms with van der Waals surface area (Å²) in [6, 6.07) is 21.6. The number of urea groups is 1. The first-order valence-electron chi connectivity index (χ1n) is 10.4. The Morgan fingerprint density at radius 3 is 2.74 bits per heavy atom. The van der Waals surface area contributed by atoms with E-state index in [0.29, 0.717) is 35.6 Å². The van der Waals surface area contributed by atoms with Gasteiger partial charge >= 0.3 is 6.03 Å². The SMILES string of the molecule is O=C(NCc1ccccc1)N1CCC[C@@H]1c1nc2cc(-c3ccccc3F)ccc2o1. The molecule has 31 heavy (non-hydrogen) atoms. The number of carbonyl (C=O) groups is 1. The molecule has 2 amide bonds. The van der Waals surface area contributed by atoms with Gasteiger partial charge in [-0.3, -0.25) is 0 Å². The molecule has 0 bridgehead atoms. The number of aromatic nitrogens is 1. The second kappa shape index (κ2) is 8.22. The number of fused-ring (bicyclic) bond motifs is 1. The topological polar surface area (TPSA) is 58.4 Å². The Morgan fingerprint density at radius 2 is 1.90 bits per heavy atom. The number of carbonyl (C=O) groups excluding carboxylic acids is 1. The lowest BCUT2D eigenvalue weighted by Crippen LogP contribution is -2.39. The summed E-state index contributed by atoms with van der Waals surface area (Å²) in [6.07, 6.45) is 1.69. The molecule has 156 valence electrons. The zero-order valence-electron chi connectivity index (χ0n) is 16.9. The highest BCUT2D eigenvalue weighted by molar-refractivity contribution is 5.81. The number of hydrogen-bond acceptors (Lipinski definition) is 3. The van der Waals surface area contributed by atoms with Crippen LogP contribution in [0.3, 0.4) is 0 Å². The number of halogens is 1. The minimum Gasteiger partial charge on any atom is -0.438 e. The first-order chi connectivity index (χ1) is 15.2. The summed E-state index contributed by atoms with van der Waals surface area (Å²) >= 11 is 0. The minimum atomic E-state index is -0.275. The Bertz CT molecular complexity index is 1220. The Labute approximate surface area is 179 Å². The zero-order chi connectivity index (χ0) is 21.2. The first-order valence-corrected chi connectivity index (χ1v) is 10.4. The summed E-state index contributed by atoms with van der Waals surface area (Å²) in [5.74, 6) is 0.246. The van der Waals surface area contributed by atoms with Gasteiger partial charge in [0.05, 0.1) is 0 Å². The lowest BCUT2D eigenvalue weighted by molar-refractivity contribution is 0.184. The lowest BCUT2D eigenvalue weighted by Gasteiger charge is -2.22. The predicted molar refractivity (Wildman–Crippen MR) is 117 cm³/mol. The largest absolute Gasteiger partial charge is 0.438 e. The van der Waals surface area contributed by atoms with E-state index in [9.17, 15) is 9.18 Å². The van der Waals surface area contributed by atoms with Gasteiger partial charge in [0.1, 0.15) is 17.4 Å². The highest BCUT2D eigenvalue weighted by Crippen LogP contribution is 2.34. The molecule has 3 aromatic carbocycles. The Morgan fingerprint density at radius 1 is 1.10 bits per heavy atom. The smallest absolute Gasteiger partial charge is 0.318 e. The molecule has 0 radical (unpaired) electrons. The summed E-state index contributed by atoms with van der Waals surface area (Å²) < 4.78 is 20.2. The number of oxazole rings is 1. The molecule has 4 aromatic rings. The van der Waals surface area contributed by atoms with E-state index in [2.05, 4.69) is 10.3 Å². The van der Waals surface area contributed by atoms with Crippen molar-refractivity contribution in [3.63, 3.8) is 0 Å². The number of benzene rings is 3. The van der Waals surface area contributed by atoms with Gasteiger partial charge < -0.3 is 14.6 Å². The predicted octanol–water partition coefficient (Wildman–Crippen LogP) is 5.68. The lowest BCUT2D eigenvalue weighted by atomic mass is 10.0. The van der Waals surface area contributed by atoms with Crippen molar-refractivity contribution >= 4 is 17.1 Å². The highest BCUT2D eigenvalue weighted by Gasteiger charge is 2.33. The van der Waals surface area contributed by atoms with Gasteiger partial charge in [0, 0.05) is 18.7 Å². The average molecular weight is 415 g/mol. The van der Waals surface area contributed by atoms with Gasteiger partial charge in [0.2, 0.25) is 5.89 Å². The molecule has 1 aliphatic rings. The average Bonchev–Trinajstić information content (AvgIpc) is 3.45. The molecule has 1 fully saturated rings. The van der Waals surface area contributed by atoms with E-state index in [1.54, 1.807) is 23.1 Å². The van der Waals surface area contributed by atoms with Crippen LogP contribution in [-0.2, 0) is 6.54 Å². The summed E-state index contributed by atoms with van der Waals surface area (Å²) in [5, 5.41) is 2.99. The molecule has 0 spiro atoms. The molecule has 2 heterocycles. The molecule has 1 N–H and O–H groups in total. The van der Waals surface area contributed by atoms with Crippen LogP contribution in [0.15, 0.2) is 77.2 Å². The minimum absolute atomic E-state index is 0.124. The second-order valence-corrected chi connectivity index (χ2v) is 7.71. The number of likely N-dealkylation sites (tertiary alicyclic amines) is 1. The second-order valence-electron chi connectivity index (χ2n) is 7.71. The van der Waals surface area contributed by atoms with Crippen molar-refractivity contribution in [3.05, 3.63) is 90.1 Å². The van der Waals surface area contributed by atoms with E-state index < -0.39 is 0 Å². The first kappa shape index (κ1) is 19.3. The molecule has 5 rings (SSSR count). The third-order valence-electron chi connectivity index (χ3n) is 5.67. The van der Waals surface area contributed by atoms with E-state index in [0.717, 1.165) is 24.0 Å². The van der Waals surface area contributed by atoms with Crippen LogP contribution >= 0.6 is 0 Å². The molecular weight excluding hydrogens is 393 g/mol. The summed E-state index contributed by atoms with van der Waals surface area (Å²) in [7, 11) is 0. The van der Waals surface area contributed by atoms with Crippen LogP contribution in [0.25, 0.3) is 22.2 Å². The monoisotopic (exact) mass is 415 g/mol. The van der Waals surface area contributed by atoms with Crippen LogP contribution in [0.5, 0.6) is 0 Å². The van der Waals surface area contributed by atoms with Crippen LogP contribution in [0, 0.1) is 5.82 Å². The third-order valence-corrected chi connectivity index (χ3v) is 5.67. The summed E-state index contributed by atoms with van der Waals surface area (Å²) in [4.78, 5) is 19.2. The molecule has 0 saturated carbocycles. The van der Waals surface area contributed by atoms with Crippen LogP contribution in [-0.4, -0.2) is 22.5 Å². The van der Waals surface area contributed by atoms with Crippen molar-refractivity contribution in [2.75, 3.05) is 6.54 Å². The van der Waals surface area contributed by atoms with Crippen LogP contribution in [0.1, 0.15) is 30.3 Å². The maximum atomic E-state index is 14.2. The number of nitrogens with one attached hydrogen (secondary N) is 1. The molecule has 1 aromatic heterocycles. The molecular formula is C25H22FN3O2. The Balaban J connectivity index is 1.36. The number of amides is 2. The van der Waals surface area contributed by atoms with E-state index in [-0.39, 0.29) is 17.9 Å². The Kier molecular flexibility index (Phi) is 5.12. The van der Waals surface area contributed by atoms with Crippen molar-refractivity contribution in [3.8, 4) is 11.1 Å². The van der Waals surface area contributed by atoms with Crippen molar-refractivity contribution in [2.24, 2.45) is 0 Å². The third kappa shape index (κ3) is 3.89. The van der Waals surface area contributed by atoms with Crippen LogP contribution in [0.4, 0.5) is 9.18 Å². The van der Waals surface area contributed by atoms with E-state index in [1.807, 2.05) is 48.5 Å². The fourth-order valence-electron chi connectivity index (χ4n) is 4.09. The zero-order valence-corrected chi connectivity index (χ0v) is 16.9. The standard InChI is InChI=1S/C25H22FN3O2/c26-20-10-5-4-9-19(20)18-12-13-23-21(15-18)28-24(31-23)22-11-6-14-29(22)25(30)27-16-17-7-2-1-3-8-17/h1-5,7-10,12-13,15,22H,6,11,14,16H2,(H,27,30)/t22-/m1/s1. The van der Waals surface area contributed by atoms with E-state index in [4.69, 9.17) is 4.42 Å². The summed E-state index contributed by atoms with van der Waals surface area (Å²) in [6.45, 7) is 1.13. The van der Waals surface area contributed by atoms with Gasteiger partial charge in [-0.05, 0) is 42.2 Å². The van der Waals surface area contributed by atoms with Gasteiger partial charge in [-0.25, -0.2) is 14.2 Å². The van der Waals surface area contributed by atoms with Gasteiger partial charge in [0.25, 0.3) is 0 Å². The van der Waals surface area contributed by atoms with E-state index in [1.165, 1.54) is 6.07 Å². The van der Waals surface area contributed by atoms with Gasteiger partial charge in [-0.1, -0.05) is 54.6 Å². The van der Waals surface area contributed by atoms with E-state index >= 15 is 0 Å². The molecule has 1 atom stereocenters. The highest BCUT2D eigenvalue weighted by atomic mass is 19.1. The molecule has 5 nitrogen and oxygen atoms in total. The molecule has 0 unspecified atom stereocenters. The van der Waals surface area contributed by atoms with Crippen molar-refractivity contribution < 1.29 is 13.6 Å². The van der Waals surface area contributed by atoms with Gasteiger partial charge in [-0.2, -0.15) is 0 Å². The van der Waals surface area contributed by atoms with Crippen molar-refractivity contribution in [1.82, 2.24) is 15.2 Å². The normalized spacial score (nSPS) is 16.0. The number of rotatable bonds is 4. The van der Waals surface area contributed by atoms with Crippen molar-refractivity contribution in [2.45, 2.75) is 25.4 Å². The molecule has 0 aliphatic carbocycles. The van der Waals surface area contributed by atoms with Crippen LogP contribution in [0.2, 0.25) is 0 Å². The quantitative estimate of drug-likeness (QED) is 0.466. The summed E-state index contributed by atoms with van der Waals surface area (Å²) in [5.41, 5.74) is 3.61. The molecule has 1 aliphatic heterocycles. The number of nitrogens with zero attached hydrogens (tertiary/aromatic N) is 2. The molecule has 6 heteroatoms. The fourth-order valence-corrected chi connectivity index (χ4v) is 4.09. The van der Waals surface area contributed by atoms with Crippen molar-refractivity contribution in [1.29, 1.82) is 0 Å². The number of hydrogen-bond donors (Lipinski definition) is 1.